The Morgan fingerprint density at radius 2 is 1.75 bits per heavy atom. The molecule has 0 radical (unpaired) electrons. The standard InChI is InChI=1S/C20H17Cl3N4O/c21-15-2-1-3-17(10-15)27-8-6-26(7-9-27)13-14(12-24)20(28)25-19-5-4-16(22)11-18(19)23/h1-5,10-11,13H,6-9H2,(H,25,28)/b14-13-. The van der Waals surface area contributed by atoms with E-state index in [9.17, 15) is 10.1 Å². The summed E-state index contributed by atoms with van der Waals surface area (Å²) in [5.41, 5.74) is 1.48. The largest absolute Gasteiger partial charge is 0.373 e. The summed E-state index contributed by atoms with van der Waals surface area (Å²) >= 11 is 18.0. The molecule has 1 saturated heterocycles. The molecular weight excluding hydrogens is 419 g/mol. The number of hydrogen-bond donors (Lipinski definition) is 1. The monoisotopic (exact) mass is 434 g/mol. The lowest BCUT2D eigenvalue weighted by molar-refractivity contribution is -0.112. The van der Waals surface area contributed by atoms with E-state index in [1.807, 2.05) is 35.2 Å². The molecule has 5 nitrogen and oxygen atoms in total. The first-order valence-corrected chi connectivity index (χ1v) is 9.72. The Balaban J connectivity index is 1.63. The van der Waals surface area contributed by atoms with Crippen LogP contribution in [-0.2, 0) is 4.79 Å². The molecule has 0 atom stereocenters. The van der Waals surface area contributed by atoms with Gasteiger partial charge in [0.05, 0.1) is 10.7 Å². The highest BCUT2D eigenvalue weighted by Gasteiger charge is 2.18. The van der Waals surface area contributed by atoms with E-state index >= 15 is 0 Å². The van der Waals surface area contributed by atoms with Crippen molar-refractivity contribution in [3.8, 4) is 6.07 Å². The van der Waals surface area contributed by atoms with E-state index in [1.165, 1.54) is 6.07 Å². The molecule has 0 bridgehead atoms. The third-order valence-corrected chi connectivity index (χ3v) is 5.13. The van der Waals surface area contributed by atoms with Gasteiger partial charge in [-0.15, -0.1) is 0 Å². The normalized spacial score (nSPS) is 14.6. The third kappa shape index (κ3) is 5.11. The minimum atomic E-state index is -0.510. The highest BCUT2D eigenvalue weighted by Crippen LogP contribution is 2.26. The van der Waals surface area contributed by atoms with Gasteiger partial charge >= 0.3 is 0 Å². The van der Waals surface area contributed by atoms with Crippen LogP contribution in [0, 0.1) is 11.3 Å². The number of piperazine rings is 1. The molecule has 1 heterocycles. The first kappa shape index (κ1) is 20.3. The van der Waals surface area contributed by atoms with Crippen LogP contribution in [0.25, 0.3) is 0 Å². The van der Waals surface area contributed by atoms with Gasteiger partial charge in [-0.25, -0.2) is 0 Å². The number of anilines is 2. The quantitative estimate of drug-likeness (QED) is 0.553. The number of amides is 1. The van der Waals surface area contributed by atoms with Crippen LogP contribution >= 0.6 is 34.8 Å². The topological polar surface area (TPSA) is 59.4 Å². The van der Waals surface area contributed by atoms with E-state index in [0.717, 1.165) is 18.8 Å². The van der Waals surface area contributed by atoms with Gasteiger partial charge in [-0.2, -0.15) is 5.26 Å². The van der Waals surface area contributed by atoms with E-state index in [1.54, 1.807) is 18.3 Å². The Morgan fingerprint density at radius 1 is 1.04 bits per heavy atom. The predicted molar refractivity (Wildman–Crippen MR) is 114 cm³/mol. The van der Waals surface area contributed by atoms with Crippen LogP contribution in [0.3, 0.4) is 0 Å². The first-order chi connectivity index (χ1) is 13.5. The van der Waals surface area contributed by atoms with Crippen molar-refractivity contribution in [3.05, 3.63) is 69.3 Å². The molecule has 8 heteroatoms. The maximum Gasteiger partial charge on any atom is 0.267 e. The van der Waals surface area contributed by atoms with Crippen molar-refractivity contribution >= 4 is 52.1 Å². The van der Waals surface area contributed by atoms with Gasteiger partial charge in [0.1, 0.15) is 11.6 Å². The van der Waals surface area contributed by atoms with Crippen molar-refractivity contribution in [2.45, 2.75) is 0 Å². The zero-order valence-electron chi connectivity index (χ0n) is 14.8. The summed E-state index contributed by atoms with van der Waals surface area (Å²) in [4.78, 5) is 16.6. The van der Waals surface area contributed by atoms with E-state index < -0.39 is 5.91 Å². The second-order valence-corrected chi connectivity index (χ2v) is 7.52. The van der Waals surface area contributed by atoms with Crippen LogP contribution in [0.5, 0.6) is 0 Å². The van der Waals surface area contributed by atoms with Gasteiger partial charge in [0.15, 0.2) is 0 Å². The summed E-state index contributed by atoms with van der Waals surface area (Å²) in [7, 11) is 0. The molecule has 2 aromatic carbocycles. The molecule has 1 aliphatic rings. The minimum absolute atomic E-state index is 0.0159. The van der Waals surface area contributed by atoms with Gasteiger partial charge in [-0.05, 0) is 36.4 Å². The first-order valence-electron chi connectivity index (χ1n) is 8.59. The third-order valence-electron chi connectivity index (χ3n) is 4.34. The summed E-state index contributed by atoms with van der Waals surface area (Å²) in [6, 6.07) is 14.4. The highest BCUT2D eigenvalue weighted by molar-refractivity contribution is 6.36. The number of benzene rings is 2. The number of halogens is 3. The van der Waals surface area contributed by atoms with Crippen molar-refractivity contribution < 1.29 is 4.79 Å². The zero-order chi connectivity index (χ0) is 20.1. The summed E-state index contributed by atoms with van der Waals surface area (Å²) in [5.74, 6) is -0.510. The minimum Gasteiger partial charge on any atom is -0.373 e. The molecule has 0 spiro atoms. The fourth-order valence-corrected chi connectivity index (χ4v) is 3.52. The van der Waals surface area contributed by atoms with Crippen molar-refractivity contribution in [2.75, 3.05) is 36.4 Å². The van der Waals surface area contributed by atoms with Crippen LogP contribution in [0.1, 0.15) is 0 Å². The van der Waals surface area contributed by atoms with Crippen LogP contribution in [-0.4, -0.2) is 37.0 Å². The lowest BCUT2D eigenvalue weighted by Crippen LogP contribution is -2.44. The van der Waals surface area contributed by atoms with Gasteiger partial charge in [0.25, 0.3) is 5.91 Å². The van der Waals surface area contributed by atoms with E-state index in [2.05, 4.69) is 10.2 Å². The molecule has 0 aromatic heterocycles. The molecule has 1 aliphatic heterocycles. The molecular formula is C20H17Cl3N4O. The zero-order valence-corrected chi connectivity index (χ0v) is 17.1. The molecule has 0 saturated carbocycles. The second-order valence-electron chi connectivity index (χ2n) is 6.24. The molecule has 144 valence electrons. The highest BCUT2D eigenvalue weighted by atomic mass is 35.5. The fraction of sp³-hybridized carbons (Fsp3) is 0.200. The van der Waals surface area contributed by atoms with Crippen LogP contribution in [0.15, 0.2) is 54.2 Å². The molecule has 28 heavy (non-hydrogen) atoms. The number of carbonyl (C=O) groups is 1. The second kappa shape index (κ2) is 9.20. The summed E-state index contributed by atoms with van der Waals surface area (Å²) in [5, 5.41) is 13.5. The van der Waals surface area contributed by atoms with E-state index in [-0.39, 0.29) is 5.57 Å². The number of nitriles is 1. The van der Waals surface area contributed by atoms with Gasteiger partial charge in [0.2, 0.25) is 0 Å². The lowest BCUT2D eigenvalue weighted by atomic mass is 10.2. The van der Waals surface area contributed by atoms with Gasteiger partial charge < -0.3 is 15.1 Å². The van der Waals surface area contributed by atoms with Crippen molar-refractivity contribution in [3.63, 3.8) is 0 Å². The molecule has 3 rings (SSSR count). The van der Waals surface area contributed by atoms with E-state index in [4.69, 9.17) is 34.8 Å². The maximum atomic E-state index is 12.4. The van der Waals surface area contributed by atoms with Crippen LogP contribution in [0.4, 0.5) is 11.4 Å². The predicted octanol–water partition coefficient (Wildman–Crippen LogP) is 4.81. The van der Waals surface area contributed by atoms with Gasteiger partial charge in [0, 0.05) is 48.1 Å². The molecule has 1 fully saturated rings. The Labute approximate surface area is 178 Å². The Morgan fingerprint density at radius 3 is 2.39 bits per heavy atom. The molecule has 1 amide bonds. The Hall–Kier alpha value is -2.39. The number of nitrogens with one attached hydrogen (secondary N) is 1. The summed E-state index contributed by atoms with van der Waals surface area (Å²) < 4.78 is 0. The van der Waals surface area contributed by atoms with E-state index in [0.29, 0.717) is 33.8 Å². The average Bonchev–Trinajstić information content (AvgIpc) is 2.68. The van der Waals surface area contributed by atoms with Crippen molar-refractivity contribution in [2.24, 2.45) is 0 Å². The van der Waals surface area contributed by atoms with Gasteiger partial charge in [-0.3, -0.25) is 4.79 Å². The smallest absolute Gasteiger partial charge is 0.267 e. The number of nitrogens with zero attached hydrogens (tertiary/aromatic N) is 3. The molecule has 2 aromatic rings. The summed E-state index contributed by atoms with van der Waals surface area (Å²) in [6.07, 6.45) is 1.59. The average molecular weight is 436 g/mol. The lowest BCUT2D eigenvalue weighted by Gasteiger charge is -2.35. The fourth-order valence-electron chi connectivity index (χ4n) is 2.88. The molecule has 0 unspecified atom stereocenters. The van der Waals surface area contributed by atoms with Crippen molar-refractivity contribution in [1.29, 1.82) is 5.26 Å². The number of hydrogen-bond acceptors (Lipinski definition) is 4. The van der Waals surface area contributed by atoms with Crippen LogP contribution < -0.4 is 10.2 Å². The number of rotatable bonds is 4. The van der Waals surface area contributed by atoms with Crippen LogP contribution in [0.2, 0.25) is 15.1 Å². The Kier molecular flexibility index (Phi) is 6.69. The summed E-state index contributed by atoms with van der Waals surface area (Å²) in [6.45, 7) is 2.90. The maximum absolute atomic E-state index is 12.4. The number of carbonyl (C=O) groups excluding carboxylic acids is 1. The molecule has 1 N–H and O–H groups in total. The van der Waals surface area contributed by atoms with Crippen molar-refractivity contribution in [1.82, 2.24) is 4.90 Å². The van der Waals surface area contributed by atoms with Gasteiger partial charge in [-0.1, -0.05) is 40.9 Å². The SMILES string of the molecule is N#C/C(=C/N1CCN(c2cccc(Cl)c2)CC1)C(=O)Nc1ccc(Cl)cc1Cl. The molecule has 0 aliphatic carbocycles. The Bertz CT molecular complexity index is 947.